The summed E-state index contributed by atoms with van der Waals surface area (Å²) in [6.07, 6.45) is 4.76. The lowest BCUT2D eigenvalue weighted by Gasteiger charge is -2.08. The van der Waals surface area contributed by atoms with Gasteiger partial charge >= 0.3 is 5.97 Å². The molecule has 1 aromatic carbocycles. The predicted molar refractivity (Wildman–Crippen MR) is 74.3 cm³/mol. The van der Waals surface area contributed by atoms with Crippen LogP contribution in [-0.4, -0.2) is 24.8 Å². The van der Waals surface area contributed by atoms with Crippen LogP contribution in [0.15, 0.2) is 24.3 Å². The van der Waals surface area contributed by atoms with Crippen LogP contribution in [-0.2, 0) is 15.9 Å². The Hall–Kier alpha value is -1.35. The number of unbranched alkanes of at least 4 members (excludes halogenated alkanes) is 2. The Morgan fingerprint density at radius 3 is 2.58 bits per heavy atom. The summed E-state index contributed by atoms with van der Waals surface area (Å²) in [5.74, 6) is -0.267. The number of hydrogen-bond acceptors (Lipinski definition) is 3. The van der Waals surface area contributed by atoms with Gasteiger partial charge in [-0.2, -0.15) is 0 Å². The van der Waals surface area contributed by atoms with Gasteiger partial charge in [-0.05, 0) is 37.5 Å². The molecule has 1 fully saturated rings. The molecule has 3 nitrogen and oxygen atoms in total. The van der Waals surface area contributed by atoms with Crippen molar-refractivity contribution in [3.05, 3.63) is 35.4 Å². The molecule has 1 heterocycles. The van der Waals surface area contributed by atoms with Gasteiger partial charge in [0.25, 0.3) is 0 Å². The first-order chi connectivity index (χ1) is 9.13. The van der Waals surface area contributed by atoms with Crippen molar-refractivity contribution in [1.82, 2.24) is 0 Å². The summed E-state index contributed by atoms with van der Waals surface area (Å²) in [5, 5.41) is 0. The zero-order valence-electron chi connectivity index (χ0n) is 11.8. The lowest BCUT2D eigenvalue weighted by molar-refractivity contribution is 0.0411. The highest BCUT2D eigenvalue weighted by Gasteiger charge is 2.40. The molecular weight excluding hydrogens is 240 g/mol. The first-order valence-electron chi connectivity index (χ1n) is 7.03. The van der Waals surface area contributed by atoms with Gasteiger partial charge < -0.3 is 9.47 Å². The van der Waals surface area contributed by atoms with Gasteiger partial charge in [0.15, 0.2) is 0 Å². The molecule has 2 rings (SSSR count). The molecule has 1 unspecified atom stereocenters. The summed E-state index contributed by atoms with van der Waals surface area (Å²) in [4.78, 5) is 11.8. The normalized spacial score (nSPS) is 21.2. The van der Waals surface area contributed by atoms with E-state index < -0.39 is 0 Å². The Morgan fingerprint density at radius 2 is 2.00 bits per heavy atom. The molecule has 1 aliphatic heterocycles. The van der Waals surface area contributed by atoms with Gasteiger partial charge in [0.05, 0.1) is 12.2 Å². The SMILES string of the molecule is CCCCCc1ccc(C(=O)OCC2(C)CO2)cc1. The van der Waals surface area contributed by atoms with Crippen molar-refractivity contribution in [2.45, 2.75) is 45.1 Å². The van der Waals surface area contributed by atoms with E-state index in [-0.39, 0.29) is 11.6 Å². The number of aryl methyl sites for hydroxylation is 1. The Balaban J connectivity index is 1.81. The number of rotatable bonds is 7. The number of ether oxygens (including phenoxy) is 2. The van der Waals surface area contributed by atoms with Crippen molar-refractivity contribution >= 4 is 5.97 Å². The van der Waals surface area contributed by atoms with Crippen molar-refractivity contribution in [2.75, 3.05) is 13.2 Å². The molecular formula is C16H22O3. The molecule has 0 bridgehead atoms. The number of hydrogen-bond donors (Lipinski definition) is 0. The highest BCUT2D eigenvalue weighted by atomic mass is 16.6. The lowest BCUT2D eigenvalue weighted by Crippen LogP contribution is -2.18. The van der Waals surface area contributed by atoms with E-state index in [4.69, 9.17) is 9.47 Å². The summed E-state index contributed by atoms with van der Waals surface area (Å²) in [6, 6.07) is 7.72. The number of esters is 1. The molecule has 0 aromatic heterocycles. The molecule has 0 N–H and O–H groups in total. The highest BCUT2D eigenvalue weighted by molar-refractivity contribution is 5.89. The molecule has 104 valence electrons. The predicted octanol–water partition coefficient (Wildman–Crippen LogP) is 3.37. The van der Waals surface area contributed by atoms with Gasteiger partial charge in [-0.3, -0.25) is 0 Å². The van der Waals surface area contributed by atoms with Gasteiger partial charge in [0.1, 0.15) is 12.2 Å². The summed E-state index contributed by atoms with van der Waals surface area (Å²) in [7, 11) is 0. The minimum atomic E-state index is -0.267. The lowest BCUT2D eigenvalue weighted by atomic mass is 10.1. The molecule has 19 heavy (non-hydrogen) atoms. The van der Waals surface area contributed by atoms with Crippen LogP contribution < -0.4 is 0 Å². The molecule has 1 aromatic rings. The minimum absolute atomic E-state index is 0.240. The molecule has 0 spiro atoms. The third-order valence-corrected chi connectivity index (χ3v) is 3.40. The van der Waals surface area contributed by atoms with E-state index in [2.05, 4.69) is 6.92 Å². The van der Waals surface area contributed by atoms with E-state index in [0.29, 0.717) is 18.8 Å². The van der Waals surface area contributed by atoms with Crippen LogP contribution in [0.3, 0.4) is 0 Å². The van der Waals surface area contributed by atoms with Gasteiger partial charge in [0.2, 0.25) is 0 Å². The number of carbonyl (C=O) groups is 1. The molecule has 0 saturated carbocycles. The van der Waals surface area contributed by atoms with Crippen molar-refractivity contribution in [1.29, 1.82) is 0 Å². The van der Waals surface area contributed by atoms with E-state index in [1.165, 1.54) is 24.8 Å². The maximum absolute atomic E-state index is 11.8. The van der Waals surface area contributed by atoms with Gasteiger partial charge in [0, 0.05) is 0 Å². The molecule has 0 amide bonds. The third kappa shape index (κ3) is 4.35. The van der Waals surface area contributed by atoms with Crippen LogP contribution in [0.5, 0.6) is 0 Å². The maximum Gasteiger partial charge on any atom is 0.338 e. The fraction of sp³-hybridized carbons (Fsp3) is 0.562. The summed E-state index contributed by atoms with van der Waals surface area (Å²) in [5.41, 5.74) is 1.65. The third-order valence-electron chi connectivity index (χ3n) is 3.40. The van der Waals surface area contributed by atoms with Crippen molar-refractivity contribution in [3.8, 4) is 0 Å². The van der Waals surface area contributed by atoms with Crippen LogP contribution in [0.2, 0.25) is 0 Å². The average molecular weight is 262 g/mol. The Kier molecular flexibility index (Phi) is 4.59. The Labute approximate surface area is 114 Å². The second-order valence-corrected chi connectivity index (χ2v) is 5.47. The quantitative estimate of drug-likeness (QED) is 0.429. The largest absolute Gasteiger partial charge is 0.459 e. The number of benzene rings is 1. The van der Waals surface area contributed by atoms with E-state index in [1.54, 1.807) is 0 Å². The average Bonchev–Trinajstić information content (AvgIpc) is 3.16. The van der Waals surface area contributed by atoms with Crippen LogP contribution in [0.25, 0.3) is 0 Å². The van der Waals surface area contributed by atoms with E-state index in [0.717, 1.165) is 6.42 Å². The van der Waals surface area contributed by atoms with Crippen molar-refractivity contribution in [2.24, 2.45) is 0 Å². The van der Waals surface area contributed by atoms with Crippen molar-refractivity contribution in [3.63, 3.8) is 0 Å². The maximum atomic E-state index is 11.8. The van der Waals surface area contributed by atoms with Gasteiger partial charge in [-0.1, -0.05) is 31.9 Å². The summed E-state index contributed by atoms with van der Waals surface area (Å²) in [6.45, 7) is 5.15. The topological polar surface area (TPSA) is 38.8 Å². The first kappa shape index (κ1) is 14.1. The Bertz CT molecular complexity index is 418. The molecule has 1 atom stereocenters. The van der Waals surface area contributed by atoms with Crippen LogP contribution in [0.4, 0.5) is 0 Å². The first-order valence-corrected chi connectivity index (χ1v) is 7.03. The summed E-state index contributed by atoms with van der Waals surface area (Å²) >= 11 is 0. The summed E-state index contributed by atoms with van der Waals surface area (Å²) < 4.78 is 10.4. The zero-order chi connectivity index (χ0) is 13.7. The second kappa shape index (κ2) is 6.20. The van der Waals surface area contributed by atoms with E-state index >= 15 is 0 Å². The van der Waals surface area contributed by atoms with Gasteiger partial charge in [-0.25, -0.2) is 4.79 Å². The van der Waals surface area contributed by atoms with Crippen molar-refractivity contribution < 1.29 is 14.3 Å². The van der Waals surface area contributed by atoms with Gasteiger partial charge in [-0.15, -0.1) is 0 Å². The van der Waals surface area contributed by atoms with Crippen LogP contribution in [0, 0.1) is 0 Å². The standard InChI is InChI=1S/C16H22O3/c1-3-4-5-6-13-7-9-14(10-8-13)15(17)18-11-16(2)12-19-16/h7-10H,3-6,11-12H2,1-2H3. The molecule has 0 radical (unpaired) electrons. The smallest absolute Gasteiger partial charge is 0.338 e. The van der Waals surface area contributed by atoms with E-state index in [1.807, 2.05) is 31.2 Å². The molecule has 1 saturated heterocycles. The molecule has 3 heteroatoms. The van der Waals surface area contributed by atoms with Crippen LogP contribution >= 0.6 is 0 Å². The Morgan fingerprint density at radius 1 is 1.32 bits per heavy atom. The number of carbonyl (C=O) groups excluding carboxylic acids is 1. The minimum Gasteiger partial charge on any atom is -0.459 e. The highest BCUT2D eigenvalue weighted by Crippen LogP contribution is 2.26. The fourth-order valence-electron chi connectivity index (χ4n) is 1.89. The molecule has 0 aliphatic carbocycles. The second-order valence-electron chi connectivity index (χ2n) is 5.47. The van der Waals surface area contributed by atoms with Crippen LogP contribution in [0.1, 0.15) is 49.0 Å². The monoisotopic (exact) mass is 262 g/mol. The fourth-order valence-corrected chi connectivity index (χ4v) is 1.89. The molecule has 1 aliphatic rings. The van der Waals surface area contributed by atoms with E-state index in [9.17, 15) is 4.79 Å². The number of epoxide rings is 1. The zero-order valence-corrected chi connectivity index (χ0v) is 11.8.